The van der Waals surface area contributed by atoms with Crippen molar-refractivity contribution in [2.24, 2.45) is 0 Å². The van der Waals surface area contributed by atoms with Crippen LogP contribution in [0.15, 0.2) is 53.9 Å². The highest BCUT2D eigenvalue weighted by atomic mass is 32.1. The second-order valence-electron chi connectivity index (χ2n) is 6.56. The first-order valence-electron chi connectivity index (χ1n) is 9.51. The molecule has 0 spiro atoms. The maximum absolute atomic E-state index is 13.0. The number of anilines is 2. The van der Waals surface area contributed by atoms with Gasteiger partial charge in [0.05, 0.1) is 29.1 Å². The van der Waals surface area contributed by atoms with Gasteiger partial charge in [0.2, 0.25) is 5.91 Å². The smallest absolute Gasteiger partial charge is 0.416 e. The molecule has 0 N–H and O–H groups in total. The molecule has 168 valence electrons. The average Bonchev–Trinajstić information content (AvgIpc) is 3.20. The minimum Gasteiger partial charge on any atom is -0.494 e. The first-order valence-corrected chi connectivity index (χ1v) is 10.4. The Morgan fingerprint density at radius 3 is 2.47 bits per heavy atom. The van der Waals surface area contributed by atoms with Crippen molar-refractivity contribution >= 4 is 34.0 Å². The number of alkyl halides is 3. The normalized spacial score (nSPS) is 11.2. The number of carbonyl (C=O) groups excluding carboxylic acids is 2. The lowest BCUT2D eigenvalue weighted by molar-refractivity contribution is -0.137. The van der Waals surface area contributed by atoms with Crippen molar-refractivity contribution in [3.63, 3.8) is 0 Å². The van der Waals surface area contributed by atoms with Crippen molar-refractivity contribution in [2.75, 3.05) is 11.5 Å². The number of aromatic nitrogens is 1. The standard InChI is InChI=1S/C22H19F3N2O4S/c1-3-30-19-9-7-15(8-10-19)20(29)31-12-17-13-32-21(26-17)27(14(2)28)18-6-4-5-16(11-18)22(23,24)25/h4-11,13H,3,12H2,1-2H3. The van der Waals surface area contributed by atoms with E-state index in [0.29, 0.717) is 23.6 Å². The van der Waals surface area contributed by atoms with Crippen molar-refractivity contribution in [1.29, 1.82) is 0 Å². The van der Waals surface area contributed by atoms with Crippen LogP contribution in [0, 0.1) is 0 Å². The maximum Gasteiger partial charge on any atom is 0.416 e. The lowest BCUT2D eigenvalue weighted by atomic mass is 10.2. The van der Waals surface area contributed by atoms with Gasteiger partial charge in [-0.3, -0.25) is 9.69 Å². The van der Waals surface area contributed by atoms with Crippen LogP contribution in [-0.4, -0.2) is 23.5 Å². The zero-order chi connectivity index (χ0) is 23.3. The van der Waals surface area contributed by atoms with E-state index < -0.39 is 23.6 Å². The molecule has 0 aliphatic rings. The molecule has 2 aromatic carbocycles. The molecule has 1 aromatic heterocycles. The Bertz CT molecular complexity index is 1100. The largest absolute Gasteiger partial charge is 0.494 e. The summed E-state index contributed by atoms with van der Waals surface area (Å²) in [7, 11) is 0. The van der Waals surface area contributed by atoms with E-state index >= 15 is 0 Å². The van der Waals surface area contributed by atoms with E-state index in [1.807, 2.05) is 6.92 Å². The van der Waals surface area contributed by atoms with Crippen molar-refractivity contribution in [3.8, 4) is 5.75 Å². The third-order valence-corrected chi connectivity index (χ3v) is 5.10. The molecule has 1 heterocycles. The summed E-state index contributed by atoms with van der Waals surface area (Å²) in [5.41, 5.74) is -0.136. The number of amides is 1. The van der Waals surface area contributed by atoms with Gasteiger partial charge in [-0.1, -0.05) is 6.07 Å². The molecular formula is C22H19F3N2O4S. The van der Waals surface area contributed by atoms with Crippen LogP contribution in [0.5, 0.6) is 5.75 Å². The second-order valence-corrected chi connectivity index (χ2v) is 7.39. The first-order chi connectivity index (χ1) is 15.2. The Morgan fingerprint density at radius 1 is 1.12 bits per heavy atom. The number of thiazole rings is 1. The number of nitrogens with zero attached hydrogens (tertiary/aromatic N) is 2. The molecule has 6 nitrogen and oxygen atoms in total. The molecule has 10 heteroatoms. The molecule has 3 rings (SSSR count). The van der Waals surface area contributed by atoms with Gasteiger partial charge in [0.25, 0.3) is 0 Å². The van der Waals surface area contributed by atoms with Crippen LogP contribution >= 0.6 is 11.3 Å². The van der Waals surface area contributed by atoms with Gasteiger partial charge in [-0.2, -0.15) is 13.2 Å². The average molecular weight is 464 g/mol. The van der Waals surface area contributed by atoms with Gasteiger partial charge in [0, 0.05) is 12.3 Å². The Morgan fingerprint density at radius 2 is 1.84 bits per heavy atom. The number of ether oxygens (including phenoxy) is 2. The summed E-state index contributed by atoms with van der Waals surface area (Å²) in [6.07, 6.45) is -4.54. The van der Waals surface area contributed by atoms with E-state index in [1.165, 1.54) is 19.1 Å². The van der Waals surface area contributed by atoms with E-state index in [9.17, 15) is 22.8 Å². The zero-order valence-corrected chi connectivity index (χ0v) is 18.0. The maximum atomic E-state index is 13.0. The molecule has 0 atom stereocenters. The van der Waals surface area contributed by atoms with Crippen molar-refractivity contribution in [1.82, 2.24) is 4.98 Å². The number of hydrogen-bond acceptors (Lipinski definition) is 6. The summed E-state index contributed by atoms with van der Waals surface area (Å²) >= 11 is 1.05. The summed E-state index contributed by atoms with van der Waals surface area (Å²) in [5.74, 6) is -0.437. The van der Waals surface area contributed by atoms with Gasteiger partial charge in [-0.25, -0.2) is 9.78 Å². The van der Waals surface area contributed by atoms with E-state index in [2.05, 4.69) is 4.98 Å². The molecule has 0 bridgehead atoms. The highest BCUT2D eigenvalue weighted by molar-refractivity contribution is 7.14. The topological polar surface area (TPSA) is 68.7 Å². The molecule has 0 aliphatic heterocycles. The number of halogens is 3. The van der Waals surface area contributed by atoms with Gasteiger partial charge in [-0.15, -0.1) is 11.3 Å². The third-order valence-electron chi connectivity index (χ3n) is 4.23. The molecule has 0 fully saturated rings. The van der Waals surface area contributed by atoms with E-state index in [-0.39, 0.29) is 17.4 Å². The number of esters is 1. The molecular weight excluding hydrogens is 445 g/mol. The summed E-state index contributed by atoms with van der Waals surface area (Å²) < 4.78 is 49.7. The molecule has 32 heavy (non-hydrogen) atoms. The van der Waals surface area contributed by atoms with Gasteiger partial charge >= 0.3 is 12.1 Å². The van der Waals surface area contributed by atoms with Crippen molar-refractivity contribution in [3.05, 3.63) is 70.7 Å². The predicted molar refractivity (Wildman–Crippen MR) is 113 cm³/mol. The molecule has 0 saturated carbocycles. The Hall–Kier alpha value is -3.40. The summed E-state index contributed by atoms with van der Waals surface area (Å²) in [5, 5.41) is 1.74. The highest BCUT2D eigenvalue weighted by Crippen LogP contribution is 2.35. The molecule has 0 saturated heterocycles. The number of hydrogen-bond donors (Lipinski definition) is 0. The van der Waals surface area contributed by atoms with Gasteiger partial charge < -0.3 is 9.47 Å². The predicted octanol–water partition coefficient (Wildman–Crippen LogP) is 5.60. The van der Waals surface area contributed by atoms with Crippen LogP contribution in [0.3, 0.4) is 0 Å². The van der Waals surface area contributed by atoms with Crippen LogP contribution in [0.1, 0.15) is 35.5 Å². The van der Waals surface area contributed by atoms with Crippen molar-refractivity contribution < 1.29 is 32.2 Å². The fraction of sp³-hybridized carbons (Fsp3) is 0.227. The fourth-order valence-electron chi connectivity index (χ4n) is 2.79. The minimum atomic E-state index is -4.54. The molecule has 3 aromatic rings. The molecule has 0 radical (unpaired) electrons. The van der Waals surface area contributed by atoms with Crippen LogP contribution in [-0.2, 0) is 22.3 Å². The van der Waals surface area contributed by atoms with Gasteiger partial charge in [-0.05, 0) is 49.4 Å². The van der Waals surface area contributed by atoms with Crippen molar-refractivity contribution in [2.45, 2.75) is 26.6 Å². The van der Waals surface area contributed by atoms with Crippen LogP contribution < -0.4 is 9.64 Å². The van der Waals surface area contributed by atoms with E-state index in [1.54, 1.807) is 29.6 Å². The number of rotatable bonds is 7. The SMILES string of the molecule is CCOc1ccc(C(=O)OCc2csc(N(C(C)=O)c3cccc(C(F)(F)F)c3)n2)cc1. The highest BCUT2D eigenvalue weighted by Gasteiger charge is 2.31. The fourth-order valence-corrected chi connectivity index (χ4v) is 3.66. The summed E-state index contributed by atoms with van der Waals surface area (Å²) in [6, 6.07) is 10.9. The lowest BCUT2D eigenvalue weighted by Crippen LogP contribution is -2.23. The summed E-state index contributed by atoms with van der Waals surface area (Å²) in [6.45, 7) is 3.43. The quantitative estimate of drug-likeness (QED) is 0.426. The van der Waals surface area contributed by atoms with Crippen LogP contribution in [0.25, 0.3) is 0 Å². The van der Waals surface area contributed by atoms with Gasteiger partial charge in [0.15, 0.2) is 5.13 Å². The van der Waals surface area contributed by atoms with Gasteiger partial charge in [0.1, 0.15) is 12.4 Å². The Kier molecular flexibility index (Phi) is 7.14. The third kappa shape index (κ3) is 5.64. The zero-order valence-electron chi connectivity index (χ0n) is 17.2. The van der Waals surface area contributed by atoms with Crippen LogP contribution in [0.2, 0.25) is 0 Å². The Labute approximate surface area is 186 Å². The van der Waals surface area contributed by atoms with E-state index in [4.69, 9.17) is 9.47 Å². The lowest BCUT2D eigenvalue weighted by Gasteiger charge is -2.19. The minimum absolute atomic E-state index is 0.0413. The number of carbonyl (C=O) groups is 2. The molecule has 1 amide bonds. The monoisotopic (exact) mass is 464 g/mol. The number of benzene rings is 2. The van der Waals surface area contributed by atoms with E-state index in [0.717, 1.165) is 28.4 Å². The van der Waals surface area contributed by atoms with Crippen LogP contribution in [0.4, 0.5) is 24.0 Å². The molecule has 0 aliphatic carbocycles. The summed E-state index contributed by atoms with van der Waals surface area (Å²) in [4.78, 5) is 29.7. The molecule has 0 unspecified atom stereocenters. The second kappa shape index (κ2) is 9.82. The Balaban J connectivity index is 1.72. The first kappa shape index (κ1) is 23.3.